The molecule has 0 fully saturated rings. The molecule has 6 heteroatoms. The maximum atomic E-state index is 5.17. The molecule has 8 aromatic rings. The van der Waals surface area contributed by atoms with Crippen LogP contribution in [0.5, 0.6) is 0 Å². The first-order chi connectivity index (χ1) is 26.3. The summed E-state index contributed by atoms with van der Waals surface area (Å²) in [5.74, 6) is 2.94. The zero-order valence-electron chi connectivity index (χ0n) is 34.4. The van der Waals surface area contributed by atoms with Gasteiger partial charge < -0.3 is 9.55 Å². The molecule has 0 aliphatic carbocycles. The van der Waals surface area contributed by atoms with Gasteiger partial charge in [-0.15, -0.1) is 59.7 Å². The molecule has 0 aliphatic heterocycles. The number of aromatic nitrogens is 3. The Morgan fingerprint density at radius 3 is 2.00 bits per heavy atom. The van der Waals surface area contributed by atoms with Gasteiger partial charge in [-0.05, 0) is 74.0 Å². The second kappa shape index (κ2) is 17.1. The van der Waals surface area contributed by atoms with E-state index in [1.165, 1.54) is 47.7 Å². The third kappa shape index (κ3) is 8.27. The minimum atomic E-state index is -1.38. The zero-order valence-corrected chi connectivity index (χ0v) is 38.6. The number of para-hydroxylation sites is 3. The molecule has 1 unspecified atom stereocenters. The average Bonchev–Trinajstić information content (AvgIpc) is 3.75. The number of imidazole rings is 1. The number of hydrogen-bond donors (Lipinski definition) is 0. The fourth-order valence-corrected chi connectivity index (χ4v) is 10.2. The molecule has 289 valence electrons. The molecule has 0 amide bonds. The van der Waals surface area contributed by atoms with E-state index in [9.17, 15) is 0 Å². The summed E-state index contributed by atoms with van der Waals surface area (Å²) >= 11 is 1.83. The van der Waals surface area contributed by atoms with E-state index < -0.39 is 8.07 Å². The number of rotatable bonds is 8. The van der Waals surface area contributed by atoms with Crippen LogP contribution < -0.4 is 5.19 Å². The maximum absolute atomic E-state index is 5.17. The zero-order chi connectivity index (χ0) is 39.0. The van der Waals surface area contributed by atoms with Gasteiger partial charge in [0.1, 0.15) is 0 Å². The van der Waals surface area contributed by atoms with Gasteiger partial charge in [0.05, 0.1) is 24.9 Å². The van der Waals surface area contributed by atoms with Crippen LogP contribution in [0.2, 0.25) is 19.6 Å². The molecular weight excluding hydrogens is 895 g/mol. The molecule has 1 atom stereocenters. The molecule has 0 spiro atoms. The first-order valence-electron chi connectivity index (χ1n) is 19.7. The predicted molar refractivity (Wildman–Crippen MR) is 241 cm³/mol. The molecule has 5 aromatic carbocycles. The van der Waals surface area contributed by atoms with Crippen molar-refractivity contribution in [3.05, 3.63) is 144 Å². The minimum absolute atomic E-state index is 0. The van der Waals surface area contributed by atoms with Gasteiger partial charge in [0, 0.05) is 36.7 Å². The summed E-state index contributed by atoms with van der Waals surface area (Å²) in [6.07, 6.45) is 2.12. The number of fused-ring (bicyclic) bond motifs is 4. The first kappa shape index (κ1) is 41.4. The van der Waals surface area contributed by atoms with Gasteiger partial charge >= 0.3 is 0 Å². The molecule has 8 rings (SSSR count). The summed E-state index contributed by atoms with van der Waals surface area (Å²) in [4.78, 5) is 9.89. The largest absolute Gasteiger partial charge is 0.333 e. The number of thiophene rings is 1. The normalized spacial score (nSPS) is 12.4. The summed E-state index contributed by atoms with van der Waals surface area (Å²) in [5.41, 5.74) is 10.7. The standard InChI is InChI=1S/C31H27N2S.C19H26NSi.Ir/c1-19(2)22-11-9-12-23(20(3)4)30(22)33-27-14-7-6-13-26(27)32-31(33)21-16-17-29-25(18-21)24-10-5-8-15-28(24)34-29;1-14(2)15(3)17-12-18(16-10-8-7-9-11-16)20-13-19(17)21(4,5)6;/h5-15,17-20H,1-4H3;7-10,12-15H,1-6H3;/q2*-1;. The number of nitrogens with zero attached hydrogens (tertiary/aromatic N) is 3. The van der Waals surface area contributed by atoms with E-state index in [0.717, 1.165) is 33.7 Å². The Morgan fingerprint density at radius 1 is 0.661 bits per heavy atom. The molecule has 0 aliphatic rings. The van der Waals surface area contributed by atoms with Crippen molar-refractivity contribution >= 4 is 55.8 Å². The van der Waals surface area contributed by atoms with Gasteiger partial charge in [0.2, 0.25) is 0 Å². The molecule has 0 N–H and O–H groups in total. The fourth-order valence-electron chi connectivity index (χ4n) is 7.54. The van der Waals surface area contributed by atoms with Crippen molar-refractivity contribution < 1.29 is 20.1 Å². The van der Waals surface area contributed by atoms with Crippen LogP contribution in [0.25, 0.3) is 59.5 Å². The van der Waals surface area contributed by atoms with Gasteiger partial charge in [-0.1, -0.05) is 134 Å². The molecule has 3 heterocycles. The molecule has 1 radical (unpaired) electrons. The quantitative estimate of drug-likeness (QED) is 0.112. The molecule has 56 heavy (non-hydrogen) atoms. The second-order valence-electron chi connectivity index (χ2n) is 16.8. The van der Waals surface area contributed by atoms with Crippen molar-refractivity contribution in [2.45, 2.75) is 85.9 Å². The fraction of sp³-hybridized carbons (Fsp3) is 0.280. The van der Waals surface area contributed by atoms with Gasteiger partial charge in [-0.2, -0.15) is 11.3 Å². The minimum Gasteiger partial charge on any atom is -0.333 e. The van der Waals surface area contributed by atoms with Crippen molar-refractivity contribution in [2.24, 2.45) is 5.92 Å². The van der Waals surface area contributed by atoms with Gasteiger partial charge in [-0.3, -0.25) is 4.98 Å². The number of pyridine rings is 1. The van der Waals surface area contributed by atoms with E-state index in [2.05, 4.69) is 182 Å². The van der Waals surface area contributed by atoms with Crippen LogP contribution in [0.1, 0.15) is 82.9 Å². The van der Waals surface area contributed by atoms with Crippen molar-refractivity contribution in [3.63, 3.8) is 0 Å². The Balaban J connectivity index is 0.000000209. The summed E-state index contributed by atoms with van der Waals surface area (Å²) in [6.45, 7) is 23.2. The van der Waals surface area contributed by atoms with Crippen LogP contribution in [-0.4, -0.2) is 22.6 Å². The van der Waals surface area contributed by atoms with Crippen molar-refractivity contribution in [1.82, 2.24) is 14.5 Å². The first-order valence-corrected chi connectivity index (χ1v) is 24.1. The Labute approximate surface area is 352 Å². The van der Waals surface area contributed by atoms with E-state index >= 15 is 0 Å². The van der Waals surface area contributed by atoms with Gasteiger partial charge in [0.25, 0.3) is 0 Å². The van der Waals surface area contributed by atoms with Crippen molar-refractivity contribution in [3.8, 4) is 28.3 Å². The smallest absolute Gasteiger partial charge is 0.0799 e. The second-order valence-corrected chi connectivity index (χ2v) is 22.9. The summed E-state index contributed by atoms with van der Waals surface area (Å²) < 4.78 is 4.95. The molecule has 3 nitrogen and oxygen atoms in total. The number of benzene rings is 5. The van der Waals surface area contributed by atoms with E-state index in [4.69, 9.17) is 9.97 Å². The third-order valence-corrected chi connectivity index (χ3v) is 14.1. The Hall–Kier alpha value is -4.19. The average molecular weight is 948 g/mol. The van der Waals surface area contributed by atoms with Crippen LogP contribution in [0.4, 0.5) is 0 Å². The van der Waals surface area contributed by atoms with Crippen molar-refractivity contribution in [2.75, 3.05) is 0 Å². The topological polar surface area (TPSA) is 30.7 Å². The summed E-state index contributed by atoms with van der Waals surface area (Å²) in [7, 11) is -1.38. The summed E-state index contributed by atoms with van der Waals surface area (Å²) in [5, 5.41) is 4.06. The van der Waals surface area contributed by atoms with Crippen LogP contribution in [0.15, 0.2) is 115 Å². The molecule has 0 saturated heterocycles. The van der Waals surface area contributed by atoms with E-state index in [-0.39, 0.29) is 20.1 Å². The Kier molecular flexibility index (Phi) is 12.7. The SMILES string of the molecule is CC(C)C(C)c1cc(-c2[c-]cccc2)ncc1[Si](C)(C)C.CC(C)c1cccc(C(C)C)c1-n1c(-c2[c-]cc3sc4ccccc4c3c2)nc2ccccc21.[Ir]. The van der Waals surface area contributed by atoms with E-state index in [1.54, 1.807) is 0 Å². The monoisotopic (exact) mass is 948 g/mol. The van der Waals surface area contributed by atoms with E-state index in [0.29, 0.717) is 23.7 Å². The van der Waals surface area contributed by atoms with Crippen LogP contribution in [-0.2, 0) is 20.1 Å². The van der Waals surface area contributed by atoms with E-state index in [1.807, 2.05) is 29.5 Å². The molecular formula is C50H53IrN3SSi-2. The van der Waals surface area contributed by atoms with Gasteiger partial charge in [-0.25, -0.2) is 0 Å². The summed E-state index contributed by atoms with van der Waals surface area (Å²) in [6, 6.07) is 45.5. The Bertz CT molecular complexity index is 2570. The molecule has 0 bridgehead atoms. The Morgan fingerprint density at radius 2 is 1.34 bits per heavy atom. The molecule has 3 aromatic heterocycles. The van der Waals surface area contributed by atoms with Crippen LogP contribution in [0, 0.1) is 18.1 Å². The van der Waals surface area contributed by atoms with Crippen LogP contribution >= 0.6 is 11.3 Å². The van der Waals surface area contributed by atoms with Crippen molar-refractivity contribution in [1.29, 1.82) is 0 Å². The van der Waals surface area contributed by atoms with Crippen LogP contribution in [0.3, 0.4) is 0 Å². The molecule has 0 saturated carbocycles. The third-order valence-electron chi connectivity index (χ3n) is 10.9. The number of hydrogen-bond acceptors (Lipinski definition) is 3. The van der Waals surface area contributed by atoms with Gasteiger partial charge in [0.15, 0.2) is 0 Å². The maximum Gasteiger partial charge on any atom is 0.0799 e. The predicted octanol–water partition coefficient (Wildman–Crippen LogP) is 14.0.